The van der Waals surface area contributed by atoms with Gasteiger partial charge in [0.05, 0.1) is 13.7 Å². The first-order valence-electron chi connectivity index (χ1n) is 4.40. The summed E-state index contributed by atoms with van der Waals surface area (Å²) in [6, 6.07) is -0.292. The van der Waals surface area contributed by atoms with E-state index in [0.29, 0.717) is 6.61 Å². The fraction of sp³-hybridized carbons (Fsp3) is 0.875. The Morgan fingerprint density at radius 2 is 2.29 bits per heavy atom. The summed E-state index contributed by atoms with van der Waals surface area (Å²) < 4.78 is 7.31. The van der Waals surface area contributed by atoms with Crippen LogP contribution in [0.25, 0.3) is 0 Å². The van der Waals surface area contributed by atoms with E-state index < -0.39 is 5.72 Å². The molecule has 1 amide bonds. The Balaban J connectivity index is 2.68. The zero-order chi connectivity index (χ0) is 10.9. The molecule has 0 radical (unpaired) electrons. The van der Waals surface area contributed by atoms with Crippen molar-refractivity contribution in [2.45, 2.75) is 25.6 Å². The van der Waals surface area contributed by atoms with Crippen molar-refractivity contribution >= 4 is 15.3 Å². The van der Waals surface area contributed by atoms with Crippen molar-refractivity contribution in [3.8, 4) is 0 Å². The predicted octanol–water partition coefficient (Wildman–Crippen LogP) is 0.233. The third kappa shape index (κ3) is 2.06. The summed E-state index contributed by atoms with van der Waals surface area (Å²) in [7, 11) is 5.57. The Kier molecular flexibility index (Phi) is 3.48. The summed E-state index contributed by atoms with van der Waals surface area (Å²) in [6.07, 6.45) is 0. The fourth-order valence-corrected chi connectivity index (χ4v) is 1.59. The quantitative estimate of drug-likeness (QED) is 0.493. The molecule has 0 N–H and O–H groups in total. The number of ether oxygens (including phenoxy) is 1. The van der Waals surface area contributed by atoms with E-state index >= 15 is 0 Å². The second-order valence-corrected chi connectivity index (χ2v) is 4.26. The van der Waals surface area contributed by atoms with Crippen molar-refractivity contribution in [2.24, 2.45) is 0 Å². The monoisotopic (exact) mass is 220 g/mol. The molecule has 14 heavy (non-hydrogen) atoms. The Hall–Kier alpha value is -0.220. The molecule has 0 aliphatic carbocycles. The highest BCUT2D eigenvalue weighted by molar-refractivity contribution is 7.13. The standard InChI is InChI=1S/C8H17N2O3P/c1-8(2)10(14)6(5-13-8)7(11)9(3)12-4/h6H,5,14H2,1-4H3. The Morgan fingerprint density at radius 3 is 2.64 bits per heavy atom. The summed E-state index contributed by atoms with van der Waals surface area (Å²) in [5, 5.41) is 1.21. The molecule has 2 unspecified atom stereocenters. The van der Waals surface area contributed by atoms with Gasteiger partial charge >= 0.3 is 0 Å². The van der Waals surface area contributed by atoms with Gasteiger partial charge in [0.2, 0.25) is 0 Å². The molecule has 1 aliphatic rings. The molecule has 0 aromatic carbocycles. The first-order valence-corrected chi connectivity index (χ1v) is 4.91. The van der Waals surface area contributed by atoms with Crippen LogP contribution < -0.4 is 0 Å². The highest BCUT2D eigenvalue weighted by atomic mass is 31.0. The summed E-state index contributed by atoms with van der Waals surface area (Å²) >= 11 is 0. The summed E-state index contributed by atoms with van der Waals surface area (Å²) in [6.45, 7) is 4.23. The Bertz CT molecular complexity index is 235. The molecule has 0 aromatic heterocycles. The lowest BCUT2D eigenvalue weighted by molar-refractivity contribution is -0.172. The minimum Gasteiger partial charge on any atom is -0.359 e. The molecular formula is C8H17N2O3P. The number of amides is 1. The van der Waals surface area contributed by atoms with Crippen LogP contribution in [-0.2, 0) is 14.4 Å². The molecule has 1 heterocycles. The number of nitrogens with zero attached hydrogens (tertiary/aromatic N) is 2. The number of likely N-dealkylation sites (N-methyl/N-ethyl adjacent to an activating group) is 1. The van der Waals surface area contributed by atoms with Crippen LogP contribution in [0.3, 0.4) is 0 Å². The van der Waals surface area contributed by atoms with E-state index in [4.69, 9.17) is 9.57 Å². The molecule has 6 heteroatoms. The molecule has 0 bridgehead atoms. The molecule has 82 valence electrons. The number of hydrogen-bond acceptors (Lipinski definition) is 4. The second-order valence-electron chi connectivity index (χ2n) is 3.70. The molecule has 1 fully saturated rings. The van der Waals surface area contributed by atoms with Crippen LogP contribution >= 0.6 is 9.39 Å². The molecule has 1 aliphatic heterocycles. The van der Waals surface area contributed by atoms with Gasteiger partial charge in [-0.3, -0.25) is 9.63 Å². The minimum absolute atomic E-state index is 0.104. The van der Waals surface area contributed by atoms with Crippen molar-refractivity contribution in [2.75, 3.05) is 20.8 Å². The van der Waals surface area contributed by atoms with E-state index in [1.165, 1.54) is 12.2 Å². The van der Waals surface area contributed by atoms with E-state index in [9.17, 15) is 4.79 Å². The zero-order valence-corrected chi connectivity index (χ0v) is 10.1. The van der Waals surface area contributed by atoms with Crippen LogP contribution in [0.15, 0.2) is 0 Å². The highest BCUT2D eigenvalue weighted by Crippen LogP contribution is 2.31. The molecular weight excluding hydrogens is 203 g/mol. The van der Waals surface area contributed by atoms with Crippen LogP contribution in [0.5, 0.6) is 0 Å². The van der Waals surface area contributed by atoms with Crippen LogP contribution in [0.1, 0.15) is 13.8 Å². The average molecular weight is 220 g/mol. The van der Waals surface area contributed by atoms with Crippen molar-refractivity contribution in [1.29, 1.82) is 0 Å². The first kappa shape index (κ1) is 11.9. The van der Waals surface area contributed by atoms with Gasteiger partial charge in [0.1, 0.15) is 11.8 Å². The molecule has 0 aromatic rings. The third-order valence-corrected chi connectivity index (χ3v) is 3.40. The van der Waals surface area contributed by atoms with Crippen LogP contribution in [0.2, 0.25) is 0 Å². The van der Waals surface area contributed by atoms with Crippen molar-refractivity contribution < 1.29 is 14.4 Å². The maximum absolute atomic E-state index is 11.7. The van der Waals surface area contributed by atoms with E-state index in [1.807, 2.05) is 18.5 Å². The molecule has 5 nitrogen and oxygen atoms in total. The SMILES string of the molecule is CON(C)C(=O)C1COC(C)(C)N1P. The smallest absolute Gasteiger partial charge is 0.265 e. The van der Waals surface area contributed by atoms with Gasteiger partial charge in [-0.15, -0.1) is 0 Å². The van der Waals surface area contributed by atoms with Crippen molar-refractivity contribution in [3.05, 3.63) is 0 Å². The maximum atomic E-state index is 11.7. The number of hydrogen-bond donors (Lipinski definition) is 0. The number of carbonyl (C=O) groups excluding carboxylic acids is 1. The number of rotatable bonds is 2. The summed E-state index contributed by atoms with van der Waals surface area (Å²) in [5.74, 6) is -0.104. The number of hydroxylamine groups is 2. The van der Waals surface area contributed by atoms with E-state index in [0.717, 1.165) is 0 Å². The van der Waals surface area contributed by atoms with Gasteiger partial charge in [-0.2, -0.15) is 0 Å². The van der Waals surface area contributed by atoms with Crippen molar-refractivity contribution in [1.82, 2.24) is 9.73 Å². The summed E-state index contributed by atoms with van der Waals surface area (Å²) in [5.41, 5.74) is -0.417. The van der Waals surface area contributed by atoms with E-state index in [-0.39, 0.29) is 11.9 Å². The lowest BCUT2D eigenvalue weighted by Gasteiger charge is -2.29. The fourth-order valence-electron chi connectivity index (χ4n) is 1.30. The first-order chi connectivity index (χ1) is 6.40. The van der Waals surface area contributed by atoms with E-state index in [2.05, 4.69) is 9.39 Å². The van der Waals surface area contributed by atoms with Gasteiger partial charge in [0.25, 0.3) is 5.91 Å². The van der Waals surface area contributed by atoms with Crippen LogP contribution in [-0.4, -0.2) is 48.2 Å². The lowest BCUT2D eigenvalue weighted by Crippen LogP contribution is -2.45. The van der Waals surface area contributed by atoms with Gasteiger partial charge in [0, 0.05) is 7.05 Å². The second kappa shape index (κ2) is 4.11. The highest BCUT2D eigenvalue weighted by Gasteiger charge is 2.42. The molecule has 1 rings (SSSR count). The predicted molar refractivity (Wildman–Crippen MR) is 55.1 cm³/mol. The molecule has 1 saturated heterocycles. The average Bonchev–Trinajstić information content (AvgIpc) is 2.40. The van der Waals surface area contributed by atoms with Crippen molar-refractivity contribution in [3.63, 3.8) is 0 Å². The third-order valence-electron chi connectivity index (χ3n) is 2.42. The van der Waals surface area contributed by atoms with Gasteiger partial charge in [0.15, 0.2) is 0 Å². The minimum atomic E-state index is -0.417. The van der Waals surface area contributed by atoms with Gasteiger partial charge in [-0.1, -0.05) is 9.39 Å². The normalized spacial score (nSPS) is 26.5. The molecule has 2 atom stereocenters. The van der Waals surface area contributed by atoms with Gasteiger partial charge in [-0.05, 0) is 13.8 Å². The maximum Gasteiger partial charge on any atom is 0.265 e. The summed E-state index contributed by atoms with van der Waals surface area (Å²) in [4.78, 5) is 16.6. The zero-order valence-electron chi connectivity index (χ0n) is 8.98. The molecule has 0 saturated carbocycles. The topological polar surface area (TPSA) is 42.0 Å². The Morgan fingerprint density at radius 1 is 1.71 bits per heavy atom. The molecule has 0 spiro atoms. The van der Waals surface area contributed by atoms with Gasteiger partial charge in [-0.25, -0.2) is 9.73 Å². The van der Waals surface area contributed by atoms with Crippen LogP contribution in [0.4, 0.5) is 0 Å². The lowest BCUT2D eigenvalue weighted by atomic mass is 10.2. The van der Waals surface area contributed by atoms with E-state index in [1.54, 1.807) is 7.05 Å². The largest absolute Gasteiger partial charge is 0.359 e. The number of carbonyl (C=O) groups is 1. The Labute approximate surface area is 86.5 Å². The van der Waals surface area contributed by atoms with Crippen LogP contribution in [0, 0.1) is 0 Å². The van der Waals surface area contributed by atoms with Gasteiger partial charge < -0.3 is 4.74 Å².